The molecule has 0 aliphatic carbocycles. The topological polar surface area (TPSA) is 78.7 Å². The molecule has 2 aromatic rings. The third kappa shape index (κ3) is 2.41. The van der Waals surface area contributed by atoms with Crippen molar-refractivity contribution in [2.45, 2.75) is 19.4 Å². The molecule has 0 spiro atoms. The number of nitrogens with zero attached hydrogens (tertiary/aromatic N) is 2. The Kier molecular flexibility index (Phi) is 3.44. The number of rotatable bonds is 3. The lowest BCUT2D eigenvalue weighted by atomic mass is 10.1. The summed E-state index contributed by atoms with van der Waals surface area (Å²) in [7, 11) is 0. The molecule has 0 aliphatic rings. The zero-order chi connectivity index (χ0) is 13.1. The molecule has 2 aromatic heterocycles. The van der Waals surface area contributed by atoms with Gasteiger partial charge in [-0.15, -0.1) is 0 Å². The van der Waals surface area contributed by atoms with E-state index in [9.17, 15) is 9.59 Å². The molecule has 5 nitrogen and oxygen atoms in total. The summed E-state index contributed by atoms with van der Waals surface area (Å²) in [6, 6.07) is 3.65. The number of nitrogens with one attached hydrogen (secondary N) is 1. The van der Waals surface area contributed by atoms with Gasteiger partial charge in [-0.3, -0.25) is 14.3 Å². The van der Waals surface area contributed by atoms with Crippen LogP contribution in [-0.2, 0) is 6.42 Å². The fourth-order valence-electron chi connectivity index (χ4n) is 1.74. The summed E-state index contributed by atoms with van der Waals surface area (Å²) < 4.78 is 1.39. The number of hydrogen-bond donors (Lipinski definition) is 1. The van der Waals surface area contributed by atoms with Crippen LogP contribution in [-0.4, -0.2) is 9.55 Å². The molecule has 0 aromatic carbocycles. The van der Waals surface area contributed by atoms with Gasteiger partial charge < -0.3 is 0 Å². The minimum Gasteiger partial charge on any atom is -0.296 e. The van der Waals surface area contributed by atoms with Gasteiger partial charge in [0.25, 0.3) is 5.56 Å². The van der Waals surface area contributed by atoms with Gasteiger partial charge in [0, 0.05) is 12.2 Å². The molecule has 18 heavy (non-hydrogen) atoms. The molecule has 92 valence electrons. The lowest BCUT2D eigenvalue weighted by Gasteiger charge is -2.13. The Hall–Kier alpha value is -2.13. The molecule has 0 radical (unpaired) electrons. The Morgan fingerprint density at radius 2 is 2.33 bits per heavy atom. The first-order chi connectivity index (χ1) is 8.61. The second kappa shape index (κ2) is 5.02. The first kappa shape index (κ1) is 12.3. The number of aromatic nitrogens is 2. The summed E-state index contributed by atoms with van der Waals surface area (Å²) in [5, 5.41) is 12.8. The maximum atomic E-state index is 11.7. The van der Waals surface area contributed by atoms with Crippen LogP contribution in [0.5, 0.6) is 0 Å². The monoisotopic (exact) mass is 261 g/mol. The van der Waals surface area contributed by atoms with E-state index in [0.717, 1.165) is 5.56 Å². The Balaban J connectivity index is 2.36. The van der Waals surface area contributed by atoms with Crippen molar-refractivity contribution >= 4 is 11.3 Å². The number of thiophene rings is 1. The fourth-order valence-corrected chi connectivity index (χ4v) is 2.42. The highest BCUT2D eigenvalue weighted by atomic mass is 32.1. The number of hydrogen-bond acceptors (Lipinski definition) is 4. The van der Waals surface area contributed by atoms with Crippen molar-refractivity contribution < 1.29 is 0 Å². The van der Waals surface area contributed by atoms with Crippen molar-refractivity contribution in [3.8, 4) is 6.07 Å². The standard InChI is InChI=1S/C12H11N3O2S/c1-8(4-9-2-3-18-7-9)15-6-10(5-13)11(16)14-12(15)17/h2-3,6-8H,4H2,1H3,(H,14,16,17). The van der Waals surface area contributed by atoms with E-state index in [1.807, 2.05) is 23.8 Å². The van der Waals surface area contributed by atoms with Gasteiger partial charge in [-0.2, -0.15) is 16.6 Å². The van der Waals surface area contributed by atoms with Crippen molar-refractivity contribution in [3.63, 3.8) is 0 Å². The van der Waals surface area contributed by atoms with Gasteiger partial charge in [0.15, 0.2) is 0 Å². The summed E-state index contributed by atoms with van der Waals surface area (Å²) in [5.74, 6) is 0. The molecule has 2 heterocycles. The molecule has 1 unspecified atom stereocenters. The normalized spacial score (nSPS) is 12.0. The average molecular weight is 261 g/mol. The highest BCUT2D eigenvalue weighted by Crippen LogP contribution is 2.14. The van der Waals surface area contributed by atoms with Crippen LogP contribution in [0.4, 0.5) is 0 Å². The minimum absolute atomic E-state index is 0.0493. The molecule has 0 amide bonds. The quantitative estimate of drug-likeness (QED) is 0.903. The Labute approximate surface area is 107 Å². The van der Waals surface area contributed by atoms with Crippen LogP contribution in [0.15, 0.2) is 32.6 Å². The van der Waals surface area contributed by atoms with Gasteiger partial charge in [-0.25, -0.2) is 4.79 Å². The Morgan fingerprint density at radius 3 is 2.94 bits per heavy atom. The zero-order valence-electron chi connectivity index (χ0n) is 9.71. The number of nitriles is 1. The van der Waals surface area contributed by atoms with E-state index in [2.05, 4.69) is 4.98 Å². The summed E-state index contributed by atoms with van der Waals surface area (Å²) in [5.41, 5.74) is -0.0425. The summed E-state index contributed by atoms with van der Waals surface area (Å²) in [6.07, 6.45) is 2.00. The van der Waals surface area contributed by atoms with E-state index in [4.69, 9.17) is 5.26 Å². The van der Waals surface area contributed by atoms with Crippen LogP contribution < -0.4 is 11.2 Å². The summed E-state index contributed by atoms with van der Waals surface area (Å²) in [4.78, 5) is 25.1. The van der Waals surface area contributed by atoms with Crippen LogP contribution in [0.2, 0.25) is 0 Å². The van der Waals surface area contributed by atoms with Crippen molar-refractivity contribution in [2.75, 3.05) is 0 Å². The van der Waals surface area contributed by atoms with E-state index in [1.54, 1.807) is 17.4 Å². The molecule has 1 N–H and O–H groups in total. The SMILES string of the molecule is CC(Cc1ccsc1)n1cc(C#N)c(=O)[nH]c1=O. The first-order valence-corrected chi connectivity index (χ1v) is 6.32. The third-order valence-electron chi connectivity index (χ3n) is 2.67. The van der Waals surface area contributed by atoms with Crippen molar-refractivity contribution in [2.24, 2.45) is 0 Å². The molecular formula is C12H11N3O2S. The second-order valence-corrected chi connectivity index (χ2v) is 4.79. The maximum Gasteiger partial charge on any atom is 0.328 e. The Bertz CT molecular complexity index is 691. The largest absolute Gasteiger partial charge is 0.328 e. The Morgan fingerprint density at radius 1 is 1.56 bits per heavy atom. The summed E-state index contributed by atoms with van der Waals surface area (Å²) in [6.45, 7) is 1.87. The second-order valence-electron chi connectivity index (χ2n) is 4.01. The van der Waals surface area contributed by atoms with Crippen molar-refractivity contribution in [3.05, 3.63) is 55.0 Å². The third-order valence-corrected chi connectivity index (χ3v) is 3.41. The van der Waals surface area contributed by atoms with Crippen LogP contribution in [0.25, 0.3) is 0 Å². The average Bonchev–Trinajstić information content (AvgIpc) is 2.81. The van der Waals surface area contributed by atoms with Gasteiger partial charge >= 0.3 is 5.69 Å². The van der Waals surface area contributed by atoms with Crippen LogP contribution >= 0.6 is 11.3 Å². The number of H-pyrrole nitrogens is 1. The van der Waals surface area contributed by atoms with Gasteiger partial charge in [0.1, 0.15) is 11.6 Å². The van der Waals surface area contributed by atoms with Crippen LogP contribution in [0.3, 0.4) is 0 Å². The maximum absolute atomic E-state index is 11.7. The number of aromatic amines is 1. The molecule has 0 bridgehead atoms. The molecule has 0 aliphatic heterocycles. The van der Waals surface area contributed by atoms with E-state index in [1.165, 1.54) is 10.8 Å². The first-order valence-electron chi connectivity index (χ1n) is 5.38. The molecule has 6 heteroatoms. The summed E-state index contributed by atoms with van der Waals surface area (Å²) >= 11 is 1.59. The molecule has 2 rings (SSSR count). The van der Waals surface area contributed by atoms with E-state index in [-0.39, 0.29) is 11.6 Å². The molecule has 1 atom stereocenters. The van der Waals surface area contributed by atoms with Crippen LogP contribution in [0.1, 0.15) is 24.1 Å². The molecular weight excluding hydrogens is 250 g/mol. The predicted molar refractivity (Wildman–Crippen MR) is 68.8 cm³/mol. The highest BCUT2D eigenvalue weighted by molar-refractivity contribution is 7.07. The van der Waals surface area contributed by atoms with Gasteiger partial charge in [-0.1, -0.05) is 0 Å². The fraction of sp³-hybridized carbons (Fsp3) is 0.250. The molecule has 0 fully saturated rings. The minimum atomic E-state index is -0.638. The van der Waals surface area contributed by atoms with E-state index < -0.39 is 11.2 Å². The lowest BCUT2D eigenvalue weighted by molar-refractivity contribution is 0.513. The predicted octanol–water partition coefficient (Wildman–Crippen LogP) is 1.27. The van der Waals surface area contributed by atoms with Crippen molar-refractivity contribution in [1.82, 2.24) is 9.55 Å². The van der Waals surface area contributed by atoms with Gasteiger partial charge in [0.2, 0.25) is 0 Å². The lowest BCUT2D eigenvalue weighted by Crippen LogP contribution is -2.33. The van der Waals surface area contributed by atoms with E-state index >= 15 is 0 Å². The van der Waals surface area contributed by atoms with Gasteiger partial charge in [0.05, 0.1) is 0 Å². The van der Waals surface area contributed by atoms with Crippen molar-refractivity contribution in [1.29, 1.82) is 5.26 Å². The highest BCUT2D eigenvalue weighted by Gasteiger charge is 2.11. The zero-order valence-corrected chi connectivity index (χ0v) is 10.5. The smallest absolute Gasteiger partial charge is 0.296 e. The van der Waals surface area contributed by atoms with Crippen LogP contribution in [0, 0.1) is 11.3 Å². The molecule has 0 saturated carbocycles. The molecule has 0 saturated heterocycles. The van der Waals surface area contributed by atoms with E-state index in [0.29, 0.717) is 6.42 Å². The van der Waals surface area contributed by atoms with Gasteiger partial charge in [-0.05, 0) is 35.7 Å².